The molecule has 2 aliphatic heterocycles. The molecule has 0 saturated carbocycles. The topological polar surface area (TPSA) is 82.7 Å². The Hall–Kier alpha value is -3.05. The molecule has 3 unspecified atom stereocenters. The van der Waals surface area contributed by atoms with Crippen LogP contribution in [0.5, 0.6) is 5.75 Å². The van der Waals surface area contributed by atoms with Crippen LogP contribution in [0.1, 0.15) is 28.6 Å². The number of halogens is 4. The third-order valence-corrected chi connectivity index (χ3v) is 9.68. The fourth-order valence-corrected chi connectivity index (χ4v) is 7.40. The Labute approximate surface area is 233 Å². The van der Waals surface area contributed by atoms with Crippen LogP contribution >= 0.6 is 11.3 Å². The Bertz CT molecular complexity index is 1590. The van der Waals surface area contributed by atoms with Crippen molar-refractivity contribution < 1.29 is 30.7 Å². The number of piperidine rings is 1. The number of nitrogens with zero attached hydrogens (tertiary/aromatic N) is 1. The van der Waals surface area contributed by atoms with Gasteiger partial charge in [0.1, 0.15) is 11.9 Å². The Morgan fingerprint density at radius 1 is 1.25 bits per heavy atom. The Morgan fingerprint density at radius 3 is 2.77 bits per heavy atom. The highest BCUT2D eigenvalue weighted by molar-refractivity contribution is 7.89. The third-order valence-electron chi connectivity index (χ3n) is 7.03. The maximum atomic E-state index is 14.9. The van der Waals surface area contributed by atoms with Crippen molar-refractivity contribution in [3.8, 4) is 17.6 Å². The summed E-state index contributed by atoms with van der Waals surface area (Å²) in [5.74, 6) is 5.99. The number of anilines is 2. The van der Waals surface area contributed by atoms with Crippen molar-refractivity contribution in [1.29, 1.82) is 0 Å². The first kappa shape index (κ1) is 28.5. The van der Waals surface area contributed by atoms with Crippen LogP contribution in [0.25, 0.3) is 10.1 Å². The van der Waals surface area contributed by atoms with E-state index in [1.165, 1.54) is 13.2 Å². The predicted octanol–water partition coefficient (Wildman–Crippen LogP) is 4.90. The van der Waals surface area contributed by atoms with Gasteiger partial charge in [0.2, 0.25) is 10.0 Å². The Morgan fingerprint density at radius 2 is 2.05 bits per heavy atom. The molecule has 1 fully saturated rings. The maximum absolute atomic E-state index is 14.9. The minimum absolute atomic E-state index is 0.0544. The van der Waals surface area contributed by atoms with E-state index < -0.39 is 34.8 Å². The molecular formula is C27H28F4N4O3S2. The molecule has 3 aromatic rings. The van der Waals surface area contributed by atoms with E-state index in [0.29, 0.717) is 45.7 Å². The molecule has 0 aliphatic carbocycles. The van der Waals surface area contributed by atoms with E-state index >= 15 is 0 Å². The van der Waals surface area contributed by atoms with Crippen LogP contribution in [0.2, 0.25) is 0 Å². The van der Waals surface area contributed by atoms with Gasteiger partial charge in [-0.15, -0.1) is 11.3 Å². The lowest BCUT2D eigenvalue weighted by Gasteiger charge is -2.33. The van der Waals surface area contributed by atoms with E-state index in [1.54, 1.807) is 24.3 Å². The zero-order chi connectivity index (χ0) is 28.6. The first-order valence-electron chi connectivity index (χ1n) is 12.6. The SMILES string of the molecule is COc1cc2c(cc1NCC#Cc1sc3c(NC4CCN(C)CC4F)cccc3c1C(F)C(F)F)CNS2(=O)=O. The van der Waals surface area contributed by atoms with E-state index in [0.717, 1.165) is 11.3 Å². The van der Waals surface area contributed by atoms with Crippen LogP contribution in [0.3, 0.4) is 0 Å². The largest absolute Gasteiger partial charge is 0.495 e. The van der Waals surface area contributed by atoms with E-state index in [4.69, 9.17) is 4.74 Å². The lowest BCUT2D eigenvalue weighted by molar-refractivity contribution is 0.0504. The van der Waals surface area contributed by atoms with Gasteiger partial charge >= 0.3 is 0 Å². The van der Waals surface area contributed by atoms with Crippen molar-refractivity contribution in [2.24, 2.45) is 0 Å². The lowest BCUT2D eigenvalue weighted by Crippen LogP contribution is -2.46. The maximum Gasteiger partial charge on any atom is 0.273 e. The summed E-state index contributed by atoms with van der Waals surface area (Å²) in [6.07, 6.45) is -6.31. The second kappa shape index (κ2) is 11.4. The number of nitrogens with one attached hydrogen (secondary N) is 3. The molecule has 40 heavy (non-hydrogen) atoms. The molecule has 214 valence electrons. The van der Waals surface area contributed by atoms with Gasteiger partial charge in [-0.05, 0) is 31.2 Å². The molecule has 3 atom stereocenters. The summed E-state index contributed by atoms with van der Waals surface area (Å²) in [5, 5.41) is 6.58. The van der Waals surface area contributed by atoms with Gasteiger partial charge in [0.05, 0.1) is 45.5 Å². The third kappa shape index (κ3) is 5.58. The molecule has 0 amide bonds. The summed E-state index contributed by atoms with van der Waals surface area (Å²) >= 11 is 1.09. The molecule has 3 heterocycles. The van der Waals surface area contributed by atoms with Gasteiger partial charge in [0, 0.05) is 36.7 Å². The molecule has 0 radical (unpaired) electrons. The summed E-state index contributed by atoms with van der Waals surface area (Å²) < 4.78 is 89.2. The van der Waals surface area contributed by atoms with Crippen molar-refractivity contribution in [3.05, 3.63) is 46.3 Å². The van der Waals surface area contributed by atoms with Crippen LogP contribution in [-0.4, -0.2) is 65.7 Å². The van der Waals surface area contributed by atoms with Gasteiger partial charge in [0.15, 0.2) is 6.17 Å². The highest BCUT2D eigenvalue weighted by Crippen LogP contribution is 2.42. The number of alkyl halides is 4. The molecule has 2 aliphatic rings. The number of sulfonamides is 1. The number of ether oxygens (including phenoxy) is 1. The molecule has 3 N–H and O–H groups in total. The average molecular weight is 597 g/mol. The smallest absolute Gasteiger partial charge is 0.273 e. The number of thiophene rings is 1. The molecule has 13 heteroatoms. The first-order valence-corrected chi connectivity index (χ1v) is 14.9. The normalized spacial score (nSPS) is 21.1. The number of hydrogen-bond acceptors (Lipinski definition) is 7. The fraction of sp³-hybridized carbons (Fsp3) is 0.407. The van der Waals surface area contributed by atoms with E-state index in [-0.39, 0.29) is 35.0 Å². The van der Waals surface area contributed by atoms with Crippen molar-refractivity contribution >= 4 is 42.8 Å². The molecule has 5 rings (SSSR count). The van der Waals surface area contributed by atoms with Crippen molar-refractivity contribution in [2.75, 3.05) is 44.4 Å². The van der Waals surface area contributed by atoms with Crippen LogP contribution < -0.4 is 20.1 Å². The summed E-state index contributed by atoms with van der Waals surface area (Å²) in [6.45, 7) is 1.20. The molecule has 2 aromatic carbocycles. The molecule has 0 bridgehead atoms. The Balaban J connectivity index is 1.43. The summed E-state index contributed by atoms with van der Waals surface area (Å²) in [5.41, 5.74) is 1.45. The molecule has 0 spiro atoms. The van der Waals surface area contributed by atoms with Gasteiger partial charge in [0.25, 0.3) is 6.43 Å². The number of fused-ring (bicyclic) bond motifs is 2. The van der Waals surface area contributed by atoms with Crippen molar-refractivity contribution in [1.82, 2.24) is 9.62 Å². The van der Waals surface area contributed by atoms with Gasteiger partial charge in [-0.2, -0.15) is 0 Å². The second-order valence-corrected chi connectivity index (χ2v) is 12.5. The van der Waals surface area contributed by atoms with Gasteiger partial charge in [-0.1, -0.05) is 24.0 Å². The summed E-state index contributed by atoms with van der Waals surface area (Å²) in [6, 6.07) is 7.55. The van der Waals surface area contributed by atoms with Crippen molar-refractivity contribution in [2.45, 2.75) is 42.7 Å². The van der Waals surface area contributed by atoms with Gasteiger partial charge < -0.3 is 20.3 Å². The molecule has 1 aromatic heterocycles. The summed E-state index contributed by atoms with van der Waals surface area (Å²) in [4.78, 5) is 2.21. The fourth-order valence-electron chi connectivity index (χ4n) is 4.98. The summed E-state index contributed by atoms with van der Waals surface area (Å²) in [7, 11) is -0.319. The molecule has 7 nitrogen and oxygen atoms in total. The van der Waals surface area contributed by atoms with Crippen LogP contribution in [-0.2, 0) is 16.6 Å². The van der Waals surface area contributed by atoms with Crippen LogP contribution in [0.15, 0.2) is 35.2 Å². The number of hydrogen-bond donors (Lipinski definition) is 3. The van der Waals surface area contributed by atoms with E-state index in [2.05, 4.69) is 27.2 Å². The highest BCUT2D eigenvalue weighted by Gasteiger charge is 2.31. The predicted molar refractivity (Wildman–Crippen MR) is 148 cm³/mol. The van der Waals surface area contributed by atoms with E-state index in [1.807, 2.05) is 11.9 Å². The minimum atomic E-state index is -3.58. The number of benzene rings is 2. The van der Waals surface area contributed by atoms with Gasteiger partial charge in [-0.25, -0.2) is 30.7 Å². The van der Waals surface area contributed by atoms with E-state index in [9.17, 15) is 26.0 Å². The highest BCUT2D eigenvalue weighted by atomic mass is 32.2. The number of rotatable bonds is 7. The zero-order valence-electron chi connectivity index (χ0n) is 21.7. The second-order valence-electron chi connectivity index (χ2n) is 9.72. The van der Waals surface area contributed by atoms with Crippen LogP contribution in [0.4, 0.5) is 28.9 Å². The average Bonchev–Trinajstić information content (AvgIpc) is 3.43. The molecule has 1 saturated heterocycles. The Kier molecular flexibility index (Phi) is 8.15. The molecular weight excluding hydrogens is 568 g/mol. The zero-order valence-corrected chi connectivity index (χ0v) is 23.4. The van der Waals surface area contributed by atoms with Crippen LogP contribution in [0, 0.1) is 11.8 Å². The minimum Gasteiger partial charge on any atom is -0.495 e. The number of likely N-dealkylation sites (tertiary alicyclic amines) is 1. The number of methoxy groups -OCH3 is 1. The quantitative estimate of drug-likeness (QED) is 0.266. The first-order chi connectivity index (χ1) is 19.1. The van der Waals surface area contributed by atoms with Gasteiger partial charge in [-0.3, -0.25) is 0 Å². The van der Waals surface area contributed by atoms with Crippen molar-refractivity contribution in [3.63, 3.8) is 0 Å². The monoisotopic (exact) mass is 596 g/mol. The lowest BCUT2D eigenvalue weighted by atomic mass is 10.0. The standard InChI is InChI=1S/C27H28F4N4O3S2/c1-35-10-8-18(17(28)14-35)34-19-6-3-5-16-24(25(29)27(30)31)22(39-26(16)19)7-4-9-32-20-11-15-13-33-40(36,37)23(15)12-21(20)38-2/h3,5-6,11-12,17-18,25,27,32-34H,8-10,13-14H2,1-2H3.